The number of Topliss-reactive ketones (excluding diaryl/α,β-unsaturated/α-hetero) is 1. The molecule has 2 heteroatoms. The number of carbonyl (C=O) groups is 1. The Morgan fingerprint density at radius 3 is 2.35 bits per heavy atom. The van der Waals surface area contributed by atoms with Crippen molar-refractivity contribution in [2.45, 2.75) is 11.8 Å². The van der Waals surface area contributed by atoms with E-state index in [0.717, 1.165) is 4.90 Å². The van der Waals surface area contributed by atoms with Gasteiger partial charge in [0.15, 0.2) is 0 Å². The van der Waals surface area contributed by atoms with Crippen LogP contribution in [0, 0.1) is 0 Å². The monoisotopic (exact) mass is 242 g/mol. The fraction of sp³-hybridized carbons (Fsp3) is 0.133. The van der Waals surface area contributed by atoms with Crippen LogP contribution in [0.5, 0.6) is 0 Å². The van der Waals surface area contributed by atoms with Gasteiger partial charge in [0.25, 0.3) is 0 Å². The average molecular weight is 242 g/mol. The van der Waals surface area contributed by atoms with Crippen molar-refractivity contribution < 1.29 is 4.79 Å². The Morgan fingerprint density at radius 2 is 1.65 bits per heavy atom. The van der Waals surface area contributed by atoms with Crippen LogP contribution in [-0.2, 0) is 4.79 Å². The van der Waals surface area contributed by atoms with Crippen molar-refractivity contribution in [2.75, 3.05) is 5.75 Å². The predicted molar refractivity (Wildman–Crippen MR) is 73.3 cm³/mol. The van der Waals surface area contributed by atoms with Gasteiger partial charge >= 0.3 is 0 Å². The summed E-state index contributed by atoms with van der Waals surface area (Å²) in [6.45, 7) is 1.62. The molecule has 1 nitrogen and oxygen atoms in total. The molecule has 0 atom stereocenters. The molecule has 0 amide bonds. The van der Waals surface area contributed by atoms with Crippen molar-refractivity contribution in [1.82, 2.24) is 0 Å². The minimum atomic E-state index is 0.206. The molecule has 0 aliphatic rings. The number of carbonyl (C=O) groups excluding carboxylic acids is 1. The van der Waals surface area contributed by atoms with Crippen molar-refractivity contribution in [3.05, 3.63) is 54.6 Å². The van der Waals surface area contributed by atoms with Crippen LogP contribution in [0.4, 0.5) is 0 Å². The summed E-state index contributed by atoms with van der Waals surface area (Å²) in [6, 6.07) is 18.4. The van der Waals surface area contributed by atoms with E-state index in [1.807, 2.05) is 30.3 Å². The molecule has 17 heavy (non-hydrogen) atoms. The third-order valence-corrected chi connectivity index (χ3v) is 3.62. The fourth-order valence-corrected chi connectivity index (χ4v) is 2.50. The normalized spacial score (nSPS) is 10.2. The average Bonchev–Trinajstić information content (AvgIpc) is 2.38. The van der Waals surface area contributed by atoms with Gasteiger partial charge in [0.05, 0.1) is 5.75 Å². The molecule has 0 saturated heterocycles. The summed E-state index contributed by atoms with van der Waals surface area (Å²) in [4.78, 5) is 12.2. The second-order valence-electron chi connectivity index (χ2n) is 3.85. The first-order valence-corrected chi connectivity index (χ1v) is 6.52. The van der Waals surface area contributed by atoms with Gasteiger partial charge in [0.2, 0.25) is 0 Å². The van der Waals surface area contributed by atoms with Gasteiger partial charge in [-0.05, 0) is 24.1 Å². The Balaban J connectivity index is 2.31. The Hall–Kier alpha value is -1.54. The highest BCUT2D eigenvalue weighted by atomic mass is 32.2. The first kappa shape index (κ1) is 11.9. The maximum atomic E-state index is 11.0. The standard InChI is InChI=1S/C15H14OS/c1-12(16)11-17-15-10-6-5-9-14(15)13-7-3-2-4-8-13/h2-10H,11H2,1H3. The first-order valence-electron chi connectivity index (χ1n) is 5.54. The van der Waals surface area contributed by atoms with E-state index < -0.39 is 0 Å². The van der Waals surface area contributed by atoms with E-state index in [2.05, 4.69) is 24.3 Å². The van der Waals surface area contributed by atoms with E-state index in [1.54, 1.807) is 18.7 Å². The van der Waals surface area contributed by atoms with Gasteiger partial charge < -0.3 is 0 Å². The van der Waals surface area contributed by atoms with Crippen LogP contribution < -0.4 is 0 Å². The SMILES string of the molecule is CC(=O)CSc1ccccc1-c1ccccc1. The molecule has 0 N–H and O–H groups in total. The summed E-state index contributed by atoms with van der Waals surface area (Å²) < 4.78 is 0. The van der Waals surface area contributed by atoms with Crippen LogP contribution in [0.2, 0.25) is 0 Å². The second kappa shape index (κ2) is 5.69. The summed E-state index contributed by atoms with van der Waals surface area (Å²) in [5.74, 6) is 0.738. The minimum absolute atomic E-state index is 0.206. The highest BCUT2D eigenvalue weighted by Crippen LogP contribution is 2.30. The quantitative estimate of drug-likeness (QED) is 0.753. The molecular formula is C15H14OS. The third kappa shape index (κ3) is 3.21. The van der Waals surface area contributed by atoms with Gasteiger partial charge in [-0.3, -0.25) is 4.79 Å². The lowest BCUT2D eigenvalue weighted by atomic mass is 10.1. The summed E-state index contributed by atoms with van der Waals surface area (Å²) in [6.07, 6.45) is 0. The lowest BCUT2D eigenvalue weighted by Crippen LogP contribution is -1.93. The highest BCUT2D eigenvalue weighted by molar-refractivity contribution is 8.00. The smallest absolute Gasteiger partial charge is 0.140 e. The van der Waals surface area contributed by atoms with E-state index in [-0.39, 0.29) is 5.78 Å². The zero-order chi connectivity index (χ0) is 12.1. The van der Waals surface area contributed by atoms with Crippen LogP contribution >= 0.6 is 11.8 Å². The number of thioether (sulfide) groups is 1. The fourth-order valence-electron chi connectivity index (χ4n) is 1.63. The maximum Gasteiger partial charge on any atom is 0.140 e. The molecule has 0 saturated carbocycles. The molecule has 2 aromatic rings. The summed E-state index contributed by atoms with van der Waals surface area (Å²) in [7, 11) is 0. The molecule has 0 fully saturated rings. The van der Waals surface area contributed by atoms with E-state index in [1.165, 1.54) is 11.1 Å². The Morgan fingerprint density at radius 1 is 1.00 bits per heavy atom. The zero-order valence-corrected chi connectivity index (χ0v) is 10.5. The molecule has 0 aliphatic carbocycles. The van der Waals surface area contributed by atoms with Gasteiger partial charge in [0, 0.05) is 4.90 Å². The Bertz CT molecular complexity index is 505. The molecule has 0 spiro atoms. The molecule has 0 bridgehead atoms. The second-order valence-corrected chi connectivity index (χ2v) is 4.87. The van der Waals surface area contributed by atoms with Gasteiger partial charge in [0.1, 0.15) is 5.78 Å². The molecular weight excluding hydrogens is 228 g/mol. The molecule has 2 rings (SSSR count). The predicted octanol–water partition coefficient (Wildman–Crippen LogP) is 4.03. The molecule has 0 aromatic heterocycles. The van der Waals surface area contributed by atoms with Gasteiger partial charge in [-0.2, -0.15) is 0 Å². The number of rotatable bonds is 4. The van der Waals surface area contributed by atoms with Crippen molar-refractivity contribution in [2.24, 2.45) is 0 Å². The van der Waals surface area contributed by atoms with Crippen molar-refractivity contribution in [1.29, 1.82) is 0 Å². The number of ketones is 1. The molecule has 0 unspecified atom stereocenters. The summed E-state index contributed by atoms with van der Waals surface area (Å²) in [5, 5.41) is 0. The third-order valence-electron chi connectivity index (χ3n) is 2.40. The van der Waals surface area contributed by atoms with E-state index >= 15 is 0 Å². The van der Waals surface area contributed by atoms with Crippen molar-refractivity contribution >= 4 is 17.5 Å². The topological polar surface area (TPSA) is 17.1 Å². The van der Waals surface area contributed by atoms with Crippen LogP contribution in [-0.4, -0.2) is 11.5 Å². The van der Waals surface area contributed by atoms with Crippen LogP contribution in [0.3, 0.4) is 0 Å². The van der Waals surface area contributed by atoms with E-state index in [9.17, 15) is 4.79 Å². The minimum Gasteiger partial charge on any atom is -0.299 e. The first-order chi connectivity index (χ1) is 8.27. The Kier molecular flexibility index (Phi) is 3.99. The molecule has 0 heterocycles. The van der Waals surface area contributed by atoms with E-state index in [0.29, 0.717) is 5.75 Å². The molecule has 86 valence electrons. The number of hydrogen-bond donors (Lipinski definition) is 0. The molecule has 0 aliphatic heterocycles. The van der Waals surface area contributed by atoms with Crippen molar-refractivity contribution in [3.8, 4) is 11.1 Å². The van der Waals surface area contributed by atoms with Crippen LogP contribution in [0.15, 0.2) is 59.5 Å². The van der Waals surface area contributed by atoms with Gasteiger partial charge in [-0.25, -0.2) is 0 Å². The number of benzene rings is 2. The van der Waals surface area contributed by atoms with Gasteiger partial charge in [-0.15, -0.1) is 11.8 Å². The Labute approximate surface area is 106 Å². The maximum absolute atomic E-state index is 11.0. The van der Waals surface area contributed by atoms with Crippen LogP contribution in [0.1, 0.15) is 6.92 Å². The summed E-state index contributed by atoms with van der Waals surface area (Å²) >= 11 is 1.60. The largest absolute Gasteiger partial charge is 0.299 e. The highest BCUT2D eigenvalue weighted by Gasteiger charge is 2.05. The number of hydrogen-bond acceptors (Lipinski definition) is 2. The zero-order valence-electron chi connectivity index (χ0n) is 9.72. The lowest BCUT2D eigenvalue weighted by molar-refractivity contribution is -0.114. The molecule has 0 radical (unpaired) electrons. The van der Waals surface area contributed by atoms with Gasteiger partial charge in [-0.1, -0.05) is 48.5 Å². The van der Waals surface area contributed by atoms with Crippen molar-refractivity contribution in [3.63, 3.8) is 0 Å². The van der Waals surface area contributed by atoms with E-state index in [4.69, 9.17) is 0 Å². The lowest BCUT2D eigenvalue weighted by Gasteiger charge is -2.08. The molecule has 2 aromatic carbocycles. The summed E-state index contributed by atoms with van der Waals surface area (Å²) in [5.41, 5.74) is 2.39. The van der Waals surface area contributed by atoms with Crippen LogP contribution in [0.25, 0.3) is 11.1 Å².